The Morgan fingerprint density at radius 2 is 1.34 bits per heavy atom. The zero-order valence-corrected chi connectivity index (χ0v) is 48.7. The van der Waals surface area contributed by atoms with Gasteiger partial charge in [-0.3, -0.25) is 14.4 Å². The Hall–Kier alpha value is -5.57. The van der Waals surface area contributed by atoms with Gasteiger partial charge >= 0.3 is 23.9 Å². The molecule has 1 saturated heterocycles. The molecule has 3 fully saturated rings. The third kappa shape index (κ3) is 10.7. The molecule has 7 rings (SSSR count). The van der Waals surface area contributed by atoms with E-state index in [4.69, 9.17) is 32.5 Å². The van der Waals surface area contributed by atoms with Gasteiger partial charge in [0.15, 0.2) is 40.2 Å². The quantitative estimate of drug-likeness (QED) is 0.0336. The largest absolute Gasteiger partial charge is 0.456 e. The topological polar surface area (TPSA) is 199 Å². The van der Waals surface area contributed by atoms with E-state index in [0.29, 0.717) is 53.0 Å². The number of Topliss-reactive ketones (excluding diaryl/α,β-unsaturated/α-hetero) is 1. The number of nitrogens with one attached hydrogen (secondary N) is 1. The fourth-order valence-corrected chi connectivity index (χ4v) is 18.7. The maximum Gasteiger partial charge on any atom is 0.338 e. The van der Waals surface area contributed by atoms with Gasteiger partial charge in [0, 0.05) is 36.8 Å². The van der Waals surface area contributed by atoms with E-state index in [0.717, 1.165) is 6.08 Å². The number of carbonyl (C=O) groups is 6. The van der Waals surface area contributed by atoms with Gasteiger partial charge in [0.25, 0.3) is 5.91 Å². The number of rotatable bonds is 21. The second-order valence-electron chi connectivity index (χ2n) is 22.1. The predicted molar refractivity (Wildman–Crippen MR) is 294 cm³/mol. The minimum Gasteiger partial charge on any atom is -0.456 e. The molecule has 11 atom stereocenters. The first-order valence-electron chi connectivity index (χ1n) is 27.4. The SMILES string of the molecule is C=CC(=O)O[C@@]12CO[C@@H]1C[C@H](O[Si](CC)(CC)CC)[C@@]1(C)C(=O)[C@H](OC(C)=O)C3=C(C)[C@@H](OC(=O)[C@H](O[Si](CC)(CC)CC)[C@@H](NC(=O)c4ccccc4)c4ccccc4)C[C@@](O)([C@@H](OC(=O)c4ccccc4)C12)C3(C)C. The summed E-state index contributed by atoms with van der Waals surface area (Å²) in [4.78, 5) is 89.1. The maximum absolute atomic E-state index is 16.7. The zero-order valence-electron chi connectivity index (χ0n) is 46.7. The summed E-state index contributed by atoms with van der Waals surface area (Å²) in [6, 6.07) is 28.7. The van der Waals surface area contributed by atoms with Crippen LogP contribution < -0.4 is 5.32 Å². The van der Waals surface area contributed by atoms with Crippen molar-refractivity contribution in [1.82, 2.24) is 5.32 Å². The van der Waals surface area contributed by atoms with Crippen molar-refractivity contribution in [3.05, 3.63) is 131 Å². The molecule has 0 aromatic heterocycles. The molecule has 0 radical (unpaired) electrons. The second kappa shape index (κ2) is 23.4. The minimum absolute atomic E-state index is 0.0625. The fourth-order valence-electron chi connectivity index (χ4n) is 13.0. The van der Waals surface area contributed by atoms with Gasteiger partial charge in [-0.15, -0.1) is 0 Å². The lowest BCUT2D eigenvalue weighted by molar-refractivity contribution is -0.344. The van der Waals surface area contributed by atoms with Gasteiger partial charge in [-0.05, 0) is 91.1 Å². The number of amides is 1. The number of hydrogen-bond acceptors (Lipinski definition) is 14. The lowest BCUT2D eigenvalue weighted by Crippen LogP contribution is -2.82. The van der Waals surface area contributed by atoms with Crippen LogP contribution in [0.2, 0.25) is 36.3 Å². The van der Waals surface area contributed by atoms with E-state index >= 15 is 9.59 Å². The van der Waals surface area contributed by atoms with Crippen LogP contribution in [0.5, 0.6) is 0 Å². The van der Waals surface area contributed by atoms with E-state index in [1.165, 1.54) is 6.92 Å². The molecular weight excluding hydrogens is 1010 g/mol. The molecular formula is C60H79NO14Si2. The molecule has 1 aliphatic heterocycles. The standard InChI is InChI=1S/C60H79NO14Si2/c1-13-46(63)73-59-37-69-45(59)35-44(74-76(14-2,15-3)16-4)58(12)51(59)53(72-55(66)42-33-27-22-28-34-42)60(68)36-43(38(8)47(57(60,10)11)49(52(58)64)70-39(9)62)71-56(67)50(75-77(17-5,18-6)19-7)48(40-29-23-20-24-30-40)61-54(65)41-31-25-21-26-32-41/h13,20-34,43-45,48-51,53,68H,1,14-19,35-37H2,2-12H3,(H,61,65)/t43-,44-,45+,48-,49+,50+,51?,53-,58+,59-,60+/m0/s1. The molecule has 2 saturated carbocycles. The van der Waals surface area contributed by atoms with E-state index in [9.17, 15) is 24.3 Å². The summed E-state index contributed by atoms with van der Waals surface area (Å²) in [6.45, 7) is 23.5. The number of benzene rings is 3. The maximum atomic E-state index is 16.7. The van der Waals surface area contributed by atoms with Crippen molar-refractivity contribution >= 4 is 52.2 Å². The molecule has 2 bridgehead atoms. The Morgan fingerprint density at radius 3 is 1.84 bits per heavy atom. The van der Waals surface area contributed by atoms with Crippen molar-refractivity contribution in [2.45, 2.75) is 179 Å². The Kier molecular flexibility index (Phi) is 18.0. The second-order valence-corrected chi connectivity index (χ2v) is 31.5. The number of ketones is 1. The van der Waals surface area contributed by atoms with Crippen LogP contribution in [0.15, 0.2) is 115 Å². The molecule has 3 aromatic carbocycles. The molecule has 17 heteroatoms. The Labute approximate surface area is 456 Å². The Bertz CT molecular complexity index is 2680. The predicted octanol–water partition coefficient (Wildman–Crippen LogP) is 9.96. The highest BCUT2D eigenvalue weighted by atomic mass is 28.4. The molecule has 15 nitrogen and oxygen atoms in total. The Balaban J connectivity index is 1.50. The van der Waals surface area contributed by atoms with Crippen LogP contribution in [0, 0.1) is 16.7 Å². The van der Waals surface area contributed by atoms with E-state index in [1.807, 2.05) is 26.8 Å². The normalized spacial score (nSPS) is 28.4. The molecule has 3 aromatic rings. The van der Waals surface area contributed by atoms with Gasteiger partial charge in [-0.1, -0.05) is 129 Å². The van der Waals surface area contributed by atoms with Crippen LogP contribution in [0.25, 0.3) is 0 Å². The summed E-state index contributed by atoms with van der Waals surface area (Å²) < 4.78 is 47.2. The molecule has 3 aliphatic carbocycles. The summed E-state index contributed by atoms with van der Waals surface area (Å²) in [7, 11) is -5.43. The van der Waals surface area contributed by atoms with Gasteiger partial charge in [0.1, 0.15) is 23.9 Å². The van der Waals surface area contributed by atoms with Crippen LogP contribution in [0.3, 0.4) is 0 Å². The van der Waals surface area contributed by atoms with Crippen molar-refractivity contribution in [3.8, 4) is 0 Å². The van der Waals surface area contributed by atoms with E-state index in [-0.39, 0.29) is 24.2 Å². The van der Waals surface area contributed by atoms with Crippen molar-refractivity contribution in [1.29, 1.82) is 0 Å². The van der Waals surface area contributed by atoms with Crippen molar-refractivity contribution < 1.29 is 66.4 Å². The monoisotopic (exact) mass is 1090 g/mol. The molecule has 1 unspecified atom stereocenters. The van der Waals surface area contributed by atoms with Crippen molar-refractivity contribution in [2.24, 2.45) is 16.7 Å². The Morgan fingerprint density at radius 1 is 0.792 bits per heavy atom. The van der Waals surface area contributed by atoms with E-state index < -0.39 is 129 Å². The summed E-state index contributed by atoms with van der Waals surface area (Å²) in [6.07, 6.45) is -7.66. The van der Waals surface area contributed by atoms with Crippen LogP contribution in [-0.4, -0.2) is 112 Å². The third-order valence-electron chi connectivity index (χ3n) is 18.2. The number of aliphatic hydroxyl groups is 1. The molecule has 4 aliphatic rings. The first-order valence-corrected chi connectivity index (χ1v) is 32.5. The van der Waals surface area contributed by atoms with Gasteiger partial charge < -0.3 is 43.0 Å². The third-order valence-corrected chi connectivity index (χ3v) is 27.5. The van der Waals surface area contributed by atoms with Crippen molar-refractivity contribution in [3.63, 3.8) is 0 Å². The fraction of sp³-hybridized carbons (Fsp3) is 0.533. The number of carbonyl (C=O) groups excluding carboxylic acids is 6. The van der Waals surface area contributed by atoms with E-state index in [1.54, 1.807) is 113 Å². The highest BCUT2D eigenvalue weighted by Gasteiger charge is 2.79. The summed E-state index contributed by atoms with van der Waals surface area (Å²) >= 11 is 0. The summed E-state index contributed by atoms with van der Waals surface area (Å²) in [5.74, 6) is -5.96. The van der Waals surface area contributed by atoms with E-state index in [2.05, 4.69) is 32.7 Å². The number of hydrogen-bond donors (Lipinski definition) is 2. The molecule has 2 N–H and O–H groups in total. The molecule has 77 heavy (non-hydrogen) atoms. The minimum atomic E-state index is -2.76. The van der Waals surface area contributed by atoms with Crippen LogP contribution in [-0.2, 0) is 51.7 Å². The first-order chi connectivity index (χ1) is 36.5. The van der Waals surface area contributed by atoms with Crippen molar-refractivity contribution in [2.75, 3.05) is 6.61 Å². The average Bonchev–Trinajstić information content (AvgIpc) is 3.63. The van der Waals surface area contributed by atoms with Gasteiger partial charge in [0.05, 0.1) is 35.6 Å². The van der Waals surface area contributed by atoms with Gasteiger partial charge in [-0.2, -0.15) is 0 Å². The first kappa shape index (κ1) is 59.1. The molecule has 1 heterocycles. The average molecular weight is 1090 g/mol. The van der Waals surface area contributed by atoms with Gasteiger partial charge in [-0.25, -0.2) is 14.4 Å². The number of fused-ring (bicyclic) bond motifs is 5. The highest BCUT2D eigenvalue weighted by molar-refractivity contribution is 6.74. The lowest BCUT2D eigenvalue weighted by Gasteiger charge is -2.68. The van der Waals surface area contributed by atoms with Crippen LogP contribution in [0.4, 0.5) is 0 Å². The summed E-state index contributed by atoms with van der Waals surface area (Å²) in [5, 5.41) is 17.6. The van der Waals surface area contributed by atoms with Crippen LogP contribution >= 0.6 is 0 Å². The smallest absolute Gasteiger partial charge is 0.338 e. The summed E-state index contributed by atoms with van der Waals surface area (Å²) in [5.41, 5.74) is -6.13. The zero-order chi connectivity index (χ0) is 56.3. The highest BCUT2D eigenvalue weighted by Crippen LogP contribution is 2.65. The molecule has 1 amide bonds. The molecule has 0 spiro atoms. The number of esters is 4. The number of ether oxygens (including phenoxy) is 5. The van der Waals surface area contributed by atoms with Gasteiger partial charge in [0.2, 0.25) is 0 Å². The lowest BCUT2D eigenvalue weighted by atomic mass is 9.44. The van der Waals surface area contributed by atoms with Crippen LogP contribution in [0.1, 0.15) is 121 Å². The molecule has 416 valence electrons.